The fraction of sp³-hybridized carbons (Fsp3) is 0.186. The van der Waals surface area contributed by atoms with Gasteiger partial charge in [0, 0.05) is 60.1 Å². The second-order valence-electron chi connectivity index (χ2n) is 29.6. The predicted molar refractivity (Wildman–Crippen MR) is 391 cm³/mol. The highest BCUT2D eigenvalue weighted by atomic mass is 16.3. The quantitative estimate of drug-likeness (QED) is 0.149. The standard InChI is InChI=1S/C86H72N6O2/c1-83(2,3)55-42-53(43-56(48-55)84(4,5)6)81-88-80(89-82(90-81)54-44-57(85(7,8)9)49-58(45-54)86(10,11)12)52-33-39-71(92-69-27-19-15-25-65(69)77-73(92)41-37-63-61-23-17-21-29-75(61)94-79(63)77)67(47-52)66-46-51(50-30-34-59(87-13)35-31-50)32-38-70(66)91-68-26-18-14-24-64(68)76-72(91)40-36-62-60-22-16-20-28-74(60)93-78(62)76/h14-49H,1-12H3. The zero-order valence-corrected chi connectivity index (χ0v) is 55.3. The number of hydrogen-bond acceptors (Lipinski definition) is 5. The number of rotatable bonds is 7. The third kappa shape index (κ3) is 9.58. The fourth-order valence-corrected chi connectivity index (χ4v) is 13.9. The summed E-state index contributed by atoms with van der Waals surface area (Å²) in [5, 5.41) is 8.53. The number of furan rings is 2. The molecule has 0 saturated carbocycles. The first-order valence-electron chi connectivity index (χ1n) is 32.6. The molecule has 0 radical (unpaired) electrons. The maximum absolute atomic E-state index is 7.91. The zero-order valence-electron chi connectivity index (χ0n) is 55.3. The normalized spacial score (nSPS) is 12.7. The largest absolute Gasteiger partial charge is 0.455 e. The van der Waals surface area contributed by atoms with Gasteiger partial charge in [-0.05, 0) is 158 Å². The number of nitrogens with zero attached hydrogens (tertiary/aromatic N) is 6. The van der Waals surface area contributed by atoms with Gasteiger partial charge in [-0.15, -0.1) is 0 Å². The van der Waals surface area contributed by atoms with Crippen molar-refractivity contribution < 1.29 is 8.83 Å². The first-order chi connectivity index (χ1) is 45.0. The van der Waals surface area contributed by atoms with Crippen LogP contribution in [0.2, 0.25) is 0 Å². The lowest BCUT2D eigenvalue weighted by Crippen LogP contribution is -2.17. The lowest BCUT2D eigenvalue weighted by Gasteiger charge is -2.26. The highest BCUT2D eigenvalue weighted by Gasteiger charge is 2.29. The van der Waals surface area contributed by atoms with Crippen molar-refractivity contribution >= 4 is 93.2 Å². The van der Waals surface area contributed by atoms with Crippen LogP contribution in [0.3, 0.4) is 0 Å². The predicted octanol–water partition coefficient (Wildman–Crippen LogP) is 23.9. The van der Waals surface area contributed by atoms with Crippen LogP contribution in [-0.4, -0.2) is 24.1 Å². The van der Waals surface area contributed by atoms with Gasteiger partial charge < -0.3 is 18.0 Å². The van der Waals surface area contributed by atoms with E-state index in [4.69, 9.17) is 30.4 Å². The summed E-state index contributed by atoms with van der Waals surface area (Å²) in [6.07, 6.45) is 0. The molecule has 16 aromatic rings. The van der Waals surface area contributed by atoms with E-state index in [9.17, 15) is 0 Å². The smallest absolute Gasteiger partial charge is 0.187 e. The molecule has 8 heteroatoms. The molecule has 0 aliphatic rings. The van der Waals surface area contributed by atoms with E-state index >= 15 is 0 Å². The molecule has 0 saturated heterocycles. The summed E-state index contributed by atoms with van der Waals surface area (Å²) in [4.78, 5) is 20.7. The highest BCUT2D eigenvalue weighted by molar-refractivity contribution is 6.25. The van der Waals surface area contributed by atoms with Gasteiger partial charge in [-0.1, -0.05) is 198 Å². The van der Waals surface area contributed by atoms with E-state index in [2.05, 4.69) is 291 Å². The monoisotopic (exact) mass is 1220 g/mol. The number of fused-ring (bicyclic) bond motifs is 14. The molecule has 0 spiro atoms. The van der Waals surface area contributed by atoms with Crippen LogP contribution in [0.1, 0.15) is 105 Å². The van der Waals surface area contributed by atoms with E-state index in [1.165, 1.54) is 22.3 Å². The molecular weight excluding hydrogens is 1150 g/mol. The van der Waals surface area contributed by atoms with E-state index < -0.39 is 0 Å². The third-order valence-electron chi connectivity index (χ3n) is 19.2. The number of benzene rings is 11. The number of hydrogen-bond donors (Lipinski definition) is 0. The van der Waals surface area contributed by atoms with Crippen LogP contribution in [-0.2, 0) is 21.7 Å². The Labute approximate surface area is 547 Å². The number of aromatic nitrogens is 5. The van der Waals surface area contributed by atoms with Gasteiger partial charge in [0.05, 0.1) is 50.8 Å². The van der Waals surface area contributed by atoms with E-state index in [1.807, 2.05) is 24.3 Å². The van der Waals surface area contributed by atoms with Crippen molar-refractivity contribution in [1.82, 2.24) is 24.1 Å². The molecule has 11 aromatic carbocycles. The van der Waals surface area contributed by atoms with Crippen molar-refractivity contribution in [3.8, 4) is 67.8 Å². The van der Waals surface area contributed by atoms with Crippen LogP contribution >= 0.6 is 0 Å². The van der Waals surface area contributed by atoms with Gasteiger partial charge in [0.1, 0.15) is 22.3 Å². The van der Waals surface area contributed by atoms with Gasteiger partial charge in [0.2, 0.25) is 0 Å². The van der Waals surface area contributed by atoms with Gasteiger partial charge in [-0.25, -0.2) is 19.8 Å². The second kappa shape index (κ2) is 21.1. The van der Waals surface area contributed by atoms with Gasteiger partial charge >= 0.3 is 0 Å². The molecule has 458 valence electrons. The summed E-state index contributed by atoms with van der Waals surface area (Å²) in [6.45, 7) is 35.2. The van der Waals surface area contributed by atoms with Crippen LogP contribution < -0.4 is 0 Å². The Morgan fingerprint density at radius 3 is 1.10 bits per heavy atom. The van der Waals surface area contributed by atoms with E-state index in [0.29, 0.717) is 23.2 Å². The summed E-state index contributed by atoms with van der Waals surface area (Å²) in [5.41, 5.74) is 20.7. The van der Waals surface area contributed by atoms with Crippen molar-refractivity contribution in [3.63, 3.8) is 0 Å². The van der Waals surface area contributed by atoms with Crippen molar-refractivity contribution in [1.29, 1.82) is 0 Å². The third-order valence-corrected chi connectivity index (χ3v) is 19.2. The molecule has 5 aromatic heterocycles. The average Bonchev–Trinajstić information content (AvgIpc) is 1.54. The lowest BCUT2D eigenvalue weighted by molar-refractivity contribution is 0.568. The number of para-hydroxylation sites is 4. The highest BCUT2D eigenvalue weighted by Crippen LogP contribution is 2.48. The Morgan fingerprint density at radius 2 is 0.681 bits per heavy atom. The molecule has 0 bridgehead atoms. The fourth-order valence-electron chi connectivity index (χ4n) is 13.9. The van der Waals surface area contributed by atoms with Crippen LogP contribution in [0.5, 0.6) is 0 Å². The zero-order chi connectivity index (χ0) is 64.9. The molecule has 0 atom stereocenters. The Morgan fingerprint density at radius 1 is 0.319 bits per heavy atom. The molecule has 0 fully saturated rings. The van der Waals surface area contributed by atoms with Gasteiger partial charge in [-0.3, -0.25) is 0 Å². The molecule has 0 unspecified atom stereocenters. The first kappa shape index (κ1) is 58.2. The molecular formula is C86H72N6O2. The molecule has 0 amide bonds. The van der Waals surface area contributed by atoms with Crippen molar-refractivity contribution in [3.05, 3.63) is 252 Å². The topological polar surface area (TPSA) is 79.2 Å². The Kier molecular flexibility index (Phi) is 13.1. The summed E-state index contributed by atoms with van der Waals surface area (Å²) in [5.74, 6) is 1.75. The SMILES string of the molecule is [C-]#[N+]c1ccc(-c2ccc(-n3c4ccccc4c4c5oc6ccccc6c5ccc43)c(-c3cc(-c4nc(-c5cc(C(C)(C)C)cc(C(C)(C)C)c5)nc(-c5cc(C(C)(C)C)cc(C(C)(C)C)c5)n4)ccc3-n3c4ccccc4c4c5oc6ccccc6c5ccc43)c2)cc1. The van der Waals surface area contributed by atoms with Crippen LogP contribution in [0.4, 0.5) is 5.69 Å². The minimum atomic E-state index is -0.162. The van der Waals surface area contributed by atoms with Crippen LogP contribution in [0.25, 0.3) is 160 Å². The van der Waals surface area contributed by atoms with E-state index in [1.54, 1.807) is 0 Å². The summed E-state index contributed by atoms with van der Waals surface area (Å²) in [7, 11) is 0. The van der Waals surface area contributed by atoms with Crippen molar-refractivity contribution in [2.45, 2.75) is 105 Å². The Bertz CT molecular complexity index is 5690. The van der Waals surface area contributed by atoms with E-state index in [-0.39, 0.29) is 21.7 Å². The lowest BCUT2D eigenvalue weighted by atomic mass is 9.79. The summed E-state index contributed by atoms with van der Waals surface area (Å²) < 4.78 is 18.7. The Hall–Kier alpha value is -10.9. The van der Waals surface area contributed by atoms with Crippen molar-refractivity contribution in [2.75, 3.05) is 0 Å². The average molecular weight is 1220 g/mol. The van der Waals surface area contributed by atoms with Crippen LogP contribution in [0, 0.1) is 6.57 Å². The summed E-state index contributed by atoms with van der Waals surface area (Å²) >= 11 is 0. The molecule has 16 rings (SSSR count). The first-order valence-corrected chi connectivity index (χ1v) is 32.6. The molecule has 94 heavy (non-hydrogen) atoms. The van der Waals surface area contributed by atoms with Gasteiger partial charge in [0.25, 0.3) is 0 Å². The van der Waals surface area contributed by atoms with Gasteiger partial charge in [-0.2, -0.15) is 0 Å². The minimum absolute atomic E-state index is 0.162. The molecule has 5 heterocycles. The maximum atomic E-state index is 7.91. The Balaban J connectivity index is 1.04. The van der Waals surface area contributed by atoms with Crippen LogP contribution in [0.15, 0.2) is 227 Å². The van der Waals surface area contributed by atoms with Crippen molar-refractivity contribution in [2.24, 2.45) is 0 Å². The molecule has 0 aliphatic heterocycles. The van der Waals surface area contributed by atoms with Gasteiger partial charge in [0.15, 0.2) is 23.2 Å². The maximum Gasteiger partial charge on any atom is 0.187 e. The second-order valence-corrected chi connectivity index (χ2v) is 29.6. The summed E-state index contributed by atoms with van der Waals surface area (Å²) in [6, 6.07) is 78.4. The molecule has 0 N–H and O–H groups in total. The molecule has 0 aliphatic carbocycles. The minimum Gasteiger partial charge on any atom is -0.455 e. The van der Waals surface area contributed by atoms with E-state index in [0.717, 1.165) is 138 Å². The molecule has 8 nitrogen and oxygen atoms in total.